The van der Waals surface area contributed by atoms with Crippen LogP contribution in [0.4, 0.5) is 5.82 Å². The van der Waals surface area contributed by atoms with Gasteiger partial charge in [0.25, 0.3) is 0 Å². The fraction of sp³-hybridized carbons (Fsp3) is 0.273. The fourth-order valence-corrected chi connectivity index (χ4v) is 3.74. The third-order valence-electron chi connectivity index (χ3n) is 5.23. The van der Waals surface area contributed by atoms with Gasteiger partial charge in [-0.2, -0.15) is 5.10 Å². The minimum atomic E-state index is -0.200. The van der Waals surface area contributed by atoms with Crippen LogP contribution in [0.15, 0.2) is 42.6 Å². The number of hydrogen-bond donors (Lipinski definition) is 1. The minimum Gasteiger partial charge on any atom is -0.497 e. The molecule has 1 aromatic heterocycles. The van der Waals surface area contributed by atoms with Gasteiger partial charge in [0.2, 0.25) is 11.7 Å². The molecule has 0 saturated heterocycles. The van der Waals surface area contributed by atoms with Crippen molar-refractivity contribution in [2.45, 2.75) is 12.3 Å². The molecular weight excluding hydrogens is 386 g/mol. The zero-order valence-corrected chi connectivity index (χ0v) is 17.3. The van der Waals surface area contributed by atoms with Gasteiger partial charge in [0.1, 0.15) is 11.6 Å². The van der Waals surface area contributed by atoms with E-state index < -0.39 is 0 Å². The van der Waals surface area contributed by atoms with Gasteiger partial charge in [0.15, 0.2) is 11.5 Å². The second-order valence-corrected chi connectivity index (χ2v) is 6.82. The van der Waals surface area contributed by atoms with Crippen molar-refractivity contribution in [3.63, 3.8) is 0 Å². The van der Waals surface area contributed by atoms with E-state index in [-0.39, 0.29) is 11.8 Å². The Bertz CT molecular complexity index is 1050. The van der Waals surface area contributed by atoms with E-state index in [0.29, 0.717) is 29.5 Å². The first kappa shape index (κ1) is 19.6. The number of amides is 1. The van der Waals surface area contributed by atoms with Gasteiger partial charge in [-0.25, -0.2) is 4.68 Å². The van der Waals surface area contributed by atoms with Gasteiger partial charge in [-0.3, -0.25) is 4.79 Å². The zero-order valence-electron chi connectivity index (χ0n) is 17.3. The molecule has 8 heteroatoms. The molecule has 4 rings (SSSR count). The highest BCUT2D eigenvalue weighted by molar-refractivity contribution is 5.94. The smallest absolute Gasteiger partial charge is 0.226 e. The maximum Gasteiger partial charge on any atom is 0.226 e. The van der Waals surface area contributed by atoms with E-state index in [2.05, 4.69) is 10.4 Å². The molecule has 1 amide bonds. The molecule has 1 atom stereocenters. The van der Waals surface area contributed by atoms with E-state index in [1.807, 2.05) is 36.4 Å². The molecule has 3 aromatic rings. The fourth-order valence-electron chi connectivity index (χ4n) is 3.74. The molecule has 156 valence electrons. The average molecular weight is 409 g/mol. The zero-order chi connectivity index (χ0) is 21.3. The average Bonchev–Trinajstić information content (AvgIpc) is 3.21. The number of anilines is 1. The summed E-state index contributed by atoms with van der Waals surface area (Å²) in [7, 11) is 6.32. The summed E-state index contributed by atoms with van der Waals surface area (Å²) in [6.07, 6.45) is 2.08. The van der Waals surface area contributed by atoms with E-state index in [1.165, 1.54) is 0 Å². The molecule has 1 unspecified atom stereocenters. The molecule has 0 aliphatic carbocycles. The van der Waals surface area contributed by atoms with Crippen LogP contribution in [0.25, 0.3) is 5.69 Å². The van der Waals surface area contributed by atoms with Gasteiger partial charge in [0, 0.05) is 17.9 Å². The van der Waals surface area contributed by atoms with Gasteiger partial charge in [0.05, 0.1) is 40.3 Å². The van der Waals surface area contributed by atoms with E-state index >= 15 is 0 Å². The van der Waals surface area contributed by atoms with Crippen molar-refractivity contribution in [1.82, 2.24) is 9.78 Å². The first-order valence-electron chi connectivity index (χ1n) is 9.41. The Balaban J connectivity index is 1.80. The largest absolute Gasteiger partial charge is 0.497 e. The molecular formula is C22H23N3O5. The van der Waals surface area contributed by atoms with E-state index in [1.54, 1.807) is 39.3 Å². The topological polar surface area (TPSA) is 83.8 Å². The quantitative estimate of drug-likeness (QED) is 0.672. The Kier molecular flexibility index (Phi) is 5.22. The van der Waals surface area contributed by atoms with Crippen LogP contribution in [0.5, 0.6) is 23.0 Å². The molecule has 0 fully saturated rings. The monoisotopic (exact) mass is 409 g/mol. The number of aromatic nitrogens is 2. The molecule has 0 radical (unpaired) electrons. The minimum absolute atomic E-state index is 0.0866. The molecule has 1 N–H and O–H groups in total. The van der Waals surface area contributed by atoms with Gasteiger partial charge < -0.3 is 24.3 Å². The lowest BCUT2D eigenvalue weighted by molar-refractivity contribution is -0.116. The number of hydrogen-bond acceptors (Lipinski definition) is 6. The number of ether oxygens (including phenoxy) is 4. The lowest BCUT2D eigenvalue weighted by Gasteiger charge is -2.25. The number of nitrogens with zero attached hydrogens (tertiary/aromatic N) is 2. The first-order valence-corrected chi connectivity index (χ1v) is 9.41. The van der Waals surface area contributed by atoms with Crippen LogP contribution < -0.4 is 24.3 Å². The summed E-state index contributed by atoms with van der Waals surface area (Å²) in [5.74, 6) is 2.71. The van der Waals surface area contributed by atoms with Crippen LogP contribution in [0, 0.1) is 0 Å². The Hall–Kier alpha value is -3.68. The number of carbonyl (C=O) groups is 1. The van der Waals surface area contributed by atoms with Crippen LogP contribution >= 0.6 is 0 Å². The van der Waals surface area contributed by atoms with Gasteiger partial charge in [-0.15, -0.1) is 0 Å². The number of benzene rings is 2. The van der Waals surface area contributed by atoms with E-state index in [0.717, 1.165) is 22.6 Å². The van der Waals surface area contributed by atoms with Crippen LogP contribution in [0.3, 0.4) is 0 Å². The molecule has 1 aliphatic heterocycles. The van der Waals surface area contributed by atoms with Gasteiger partial charge >= 0.3 is 0 Å². The molecule has 0 spiro atoms. The van der Waals surface area contributed by atoms with E-state index in [4.69, 9.17) is 18.9 Å². The number of fused-ring (bicyclic) bond motifs is 1. The summed E-state index contributed by atoms with van der Waals surface area (Å²) in [4.78, 5) is 12.6. The highest BCUT2D eigenvalue weighted by Crippen LogP contribution is 2.44. The highest BCUT2D eigenvalue weighted by atomic mass is 16.5. The second kappa shape index (κ2) is 7.98. The van der Waals surface area contributed by atoms with Crippen LogP contribution in [-0.4, -0.2) is 44.1 Å². The van der Waals surface area contributed by atoms with Crippen LogP contribution in [-0.2, 0) is 4.79 Å². The molecule has 2 aromatic carbocycles. The van der Waals surface area contributed by atoms with Crippen molar-refractivity contribution < 1.29 is 23.7 Å². The van der Waals surface area contributed by atoms with Gasteiger partial charge in [-0.05, 0) is 42.0 Å². The number of methoxy groups -OCH3 is 4. The Morgan fingerprint density at radius 1 is 0.967 bits per heavy atom. The highest BCUT2D eigenvalue weighted by Gasteiger charge is 2.31. The summed E-state index contributed by atoms with van der Waals surface area (Å²) in [6.45, 7) is 0. The third kappa shape index (κ3) is 3.30. The standard InChI is InChI=1S/C22H23N3O5/c1-27-15-7-5-14(6-8-15)25-22-17(12-23-25)16(11-20(26)24-22)13-9-18(28-2)21(30-4)19(10-13)29-3/h5-10,12,16H,11H2,1-4H3,(H,24,26). The van der Waals surface area contributed by atoms with Crippen LogP contribution in [0.1, 0.15) is 23.5 Å². The lowest BCUT2D eigenvalue weighted by Crippen LogP contribution is -2.24. The van der Waals surface area contributed by atoms with Crippen molar-refractivity contribution in [1.29, 1.82) is 0 Å². The molecule has 0 bridgehead atoms. The predicted octanol–water partition coefficient (Wildman–Crippen LogP) is 3.38. The Labute approximate surface area is 174 Å². The van der Waals surface area contributed by atoms with E-state index in [9.17, 15) is 4.79 Å². The number of nitrogens with one attached hydrogen (secondary N) is 1. The van der Waals surface area contributed by atoms with Crippen molar-refractivity contribution >= 4 is 11.7 Å². The van der Waals surface area contributed by atoms with Crippen molar-refractivity contribution in [2.75, 3.05) is 33.8 Å². The third-order valence-corrected chi connectivity index (χ3v) is 5.23. The van der Waals surface area contributed by atoms with Crippen LogP contribution in [0.2, 0.25) is 0 Å². The lowest BCUT2D eigenvalue weighted by atomic mass is 9.87. The number of rotatable bonds is 6. The molecule has 0 saturated carbocycles. The summed E-state index contributed by atoms with van der Waals surface area (Å²) < 4.78 is 23.3. The molecule has 1 aliphatic rings. The Morgan fingerprint density at radius 2 is 1.63 bits per heavy atom. The maximum absolute atomic E-state index is 12.6. The normalized spacial score (nSPS) is 15.2. The molecule has 2 heterocycles. The van der Waals surface area contributed by atoms with Gasteiger partial charge in [-0.1, -0.05) is 0 Å². The maximum atomic E-state index is 12.6. The summed E-state index contributed by atoms with van der Waals surface area (Å²) in [6, 6.07) is 11.2. The summed E-state index contributed by atoms with van der Waals surface area (Å²) in [5, 5.41) is 7.48. The Morgan fingerprint density at radius 3 is 2.20 bits per heavy atom. The SMILES string of the molecule is COc1ccc(-n2ncc3c2NC(=O)CC3c2cc(OC)c(OC)c(OC)c2)cc1. The predicted molar refractivity (Wildman–Crippen MR) is 111 cm³/mol. The van der Waals surface area contributed by atoms with Crippen molar-refractivity contribution in [2.24, 2.45) is 0 Å². The molecule has 8 nitrogen and oxygen atoms in total. The second-order valence-electron chi connectivity index (χ2n) is 6.82. The number of carbonyl (C=O) groups excluding carboxylic acids is 1. The summed E-state index contributed by atoms with van der Waals surface area (Å²) in [5.41, 5.74) is 2.62. The first-order chi connectivity index (χ1) is 14.6. The van der Waals surface area contributed by atoms with Crippen molar-refractivity contribution in [3.8, 4) is 28.7 Å². The molecule has 30 heavy (non-hydrogen) atoms. The summed E-state index contributed by atoms with van der Waals surface area (Å²) >= 11 is 0. The van der Waals surface area contributed by atoms with Crippen molar-refractivity contribution in [3.05, 3.63) is 53.7 Å².